The molecule has 0 fully saturated rings. The zero-order chi connectivity index (χ0) is 19.2. The molecule has 0 aliphatic heterocycles. The van der Waals surface area contributed by atoms with E-state index in [4.69, 9.17) is 0 Å². The summed E-state index contributed by atoms with van der Waals surface area (Å²) in [4.78, 5) is 23.6. The first-order valence-corrected chi connectivity index (χ1v) is 9.59. The fraction of sp³-hybridized carbons (Fsp3) is 0.200. The Labute approximate surface area is 162 Å². The van der Waals surface area contributed by atoms with E-state index >= 15 is 0 Å². The number of benzene rings is 2. The molecule has 1 aromatic heterocycles. The summed E-state index contributed by atoms with van der Waals surface area (Å²) in [6.07, 6.45) is 0. The Morgan fingerprint density at radius 2 is 1.74 bits per heavy atom. The van der Waals surface area contributed by atoms with Gasteiger partial charge in [-0.1, -0.05) is 54.2 Å². The van der Waals surface area contributed by atoms with Crippen molar-refractivity contribution in [3.05, 3.63) is 60.2 Å². The SMILES string of the molecule is CCn1c(SCC(=O)Nc2ccccc2)nnc1-c1ccc(C(C)=O)cc1. The fourth-order valence-electron chi connectivity index (χ4n) is 2.60. The molecule has 0 unspecified atom stereocenters. The van der Waals surface area contributed by atoms with Gasteiger partial charge in [0.05, 0.1) is 5.75 Å². The molecule has 0 saturated heterocycles. The summed E-state index contributed by atoms with van der Waals surface area (Å²) in [5, 5.41) is 12.0. The Balaban J connectivity index is 1.70. The van der Waals surface area contributed by atoms with Crippen LogP contribution in [0.15, 0.2) is 59.8 Å². The molecule has 0 bridgehead atoms. The van der Waals surface area contributed by atoms with Crippen LogP contribution in [0.5, 0.6) is 0 Å². The molecule has 1 amide bonds. The highest BCUT2D eigenvalue weighted by Crippen LogP contribution is 2.24. The van der Waals surface area contributed by atoms with Crippen molar-refractivity contribution in [1.82, 2.24) is 14.8 Å². The largest absolute Gasteiger partial charge is 0.325 e. The van der Waals surface area contributed by atoms with Crippen LogP contribution in [-0.4, -0.2) is 32.2 Å². The number of rotatable bonds is 7. The molecule has 7 heteroatoms. The van der Waals surface area contributed by atoms with E-state index in [2.05, 4.69) is 15.5 Å². The van der Waals surface area contributed by atoms with E-state index in [1.807, 2.05) is 54.0 Å². The topological polar surface area (TPSA) is 76.9 Å². The van der Waals surface area contributed by atoms with Crippen LogP contribution in [0, 0.1) is 0 Å². The molecule has 0 spiro atoms. The van der Waals surface area contributed by atoms with Gasteiger partial charge in [0.1, 0.15) is 0 Å². The number of carbonyl (C=O) groups excluding carboxylic acids is 2. The number of amides is 1. The van der Waals surface area contributed by atoms with E-state index in [0.717, 1.165) is 17.1 Å². The highest BCUT2D eigenvalue weighted by Gasteiger charge is 2.15. The van der Waals surface area contributed by atoms with Gasteiger partial charge in [-0.05, 0) is 26.0 Å². The van der Waals surface area contributed by atoms with Crippen molar-refractivity contribution in [2.75, 3.05) is 11.1 Å². The van der Waals surface area contributed by atoms with Crippen LogP contribution in [-0.2, 0) is 11.3 Å². The molecule has 3 aromatic rings. The van der Waals surface area contributed by atoms with Crippen LogP contribution >= 0.6 is 11.8 Å². The molecule has 0 atom stereocenters. The number of nitrogens with one attached hydrogen (secondary N) is 1. The monoisotopic (exact) mass is 380 g/mol. The minimum Gasteiger partial charge on any atom is -0.325 e. The third-order valence-corrected chi connectivity index (χ3v) is 4.94. The summed E-state index contributed by atoms with van der Waals surface area (Å²) in [6, 6.07) is 16.6. The summed E-state index contributed by atoms with van der Waals surface area (Å²) in [5.74, 6) is 0.901. The molecule has 1 heterocycles. The van der Waals surface area contributed by atoms with Crippen LogP contribution in [0.3, 0.4) is 0 Å². The predicted molar refractivity (Wildman–Crippen MR) is 107 cm³/mol. The van der Waals surface area contributed by atoms with Crippen LogP contribution in [0.25, 0.3) is 11.4 Å². The molecule has 3 rings (SSSR count). The number of para-hydroxylation sites is 1. The van der Waals surface area contributed by atoms with Gasteiger partial charge >= 0.3 is 0 Å². The Hall–Kier alpha value is -2.93. The summed E-state index contributed by atoms with van der Waals surface area (Å²) in [6.45, 7) is 4.23. The number of hydrogen-bond acceptors (Lipinski definition) is 5. The van der Waals surface area contributed by atoms with Crippen molar-refractivity contribution in [3.63, 3.8) is 0 Å². The van der Waals surface area contributed by atoms with Crippen molar-refractivity contribution in [1.29, 1.82) is 0 Å². The van der Waals surface area contributed by atoms with Gasteiger partial charge in [-0.3, -0.25) is 9.59 Å². The second-order valence-corrected chi connectivity index (χ2v) is 6.83. The number of nitrogens with zero attached hydrogens (tertiary/aromatic N) is 3. The van der Waals surface area contributed by atoms with Gasteiger partial charge < -0.3 is 9.88 Å². The minimum atomic E-state index is -0.0933. The lowest BCUT2D eigenvalue weighted by atomic mass is 10.1. The molecule has 2 aromatic carbocycles. The molecular weight excluding hydrogens is 360 g/mol. The minimum absolute atomic E-state index is 0.0270. The number of anilines is 1. The Kier molecular flexibility index (Phi) is 6.03. The van der Waals surface area contributed by atoms with Crippen LogP contribution < -0.4 is 5.32 Å². The molecule has 0 radical (unpaired) electrons. The average molecular weight is 380 g/mol. The first-order chi connectivity index (χ1) is 13.1. The normalized spacial score (nSPS) is 10.6. The number of hydrogen-bond donors (Lipinski definition) is 1. The third kappa shape index (κ3) is 4.62. The van der Waals surface area contributed by atoms with Gasteiger partial charge in [0, 0.05) is 23.4 Å². The lowest BCUT2D eigenvalue weighted by Gasteiger charge is -2.08. The van der Waals surface area contributed by atoms with Crippen LogP contribution in [0.4, 0.5) is 5.69 Å². The zero-order valence-corrected chi connectivity index (χ0v) is 16.0. The van der Waals surface area contributed by atoms with Gasteiger partial charge in [-0.15, -0.1) is 10.2 Å². The van der Waals surface area contributed by atoms with Crippen molar-refractivity contribution >= 4 is 29.1 Å². The Morgan fingerprint density at radius 1 is 1.04 bits per heavy atom. The summed E-state index contributed by atoms with van der Waals surface area (Å²) in [5.41, 5.74) is 2.31. The highest BCUT2D eigenvalue weighted by atomic mass is 32.2. The van der Waals surface area contributed by atoms with Crippen LogP contribution in [0.1, 0.15) is 24.2 Å². The maximum absolute atomic E-state index is 12.1. The van der Waals surface area contributed by atoms with E-state index < -0.39 is 0 Å². The third-order valence-electron chi connectivity index (χ3n) is 3.97. The maximum atomic E-state index is 12.1. The lowest BCUT2D eigenvalue weighted by Crippen LogP contribution is -2.14. The fourth-order valence-corrected chi connectivity index (χ4v) is 3.40. The molecule has 1 N–H and O–H groups in total. The van der Waals surface area contributed by atoms with Gasteiger partial charge in [-0.25, -0.2) is 0 Å². The second kappa shape index (κ2) is 8.64. The molecule has 6 nitrogen and oxygen atoms in total. The van der Waals surface area contributed by atoms with Gasteiger partial charge in [-0.2, -0.15) is 0 Å². The molecular formula is C20H20N4O2S. The standard InChI is InChI=1S/C20H20N4O2S/c1-3-24-19(16-11-9-15(10-12-16)14(2)25)22-23-20(24)27-13-18(26)21-17-7-5-4-6-8-17/h4-12H,3,13H2,1-2H3,(H,21,26). The molecule has 27 heavy (non-hydrogen) atoms. The number of carbonyl (C=O) groups is 2. The first-order valence-electron chi connectivity index (χ1n) is 8.60. The average Bonchev–Trinajstić information content (AvgIpc) is 3.10. The summed E-state index contributed by atoms with van der Waals surface area (Å²) < 4.78 is 1.96. The zero-order valence-electron chi connectivity index (χ0n) is 15.2. The van der Waals surface area contributed by atoms with Crippen molar-refractivity contribution in [3.8, 4) is 11.4 Å². The number of aromatic nitrogens is 3. The van der Waals surface area contributed by atoms with E-state index in [9.17, 15) is 9.59 Å². The lowest BCUT2D eigenvalue weighted by molar-refractivity contribution is -0.113. The van der Waals surface area contributed by atoms with E-state index in [0.29, 0.717) is 17.3 Å². The van der Waals surface area contributed by atoms with E-state index in [-0.39, 0.29) is 17.4 Å². The second-order valence-electron chi connectivity index (χ2n) is 5.89. The molecule has 0 saturated carbocycles. The van der Waals surface area contributed by atoms with Crippen LogP contribution in [0.2, 0.25) is 0 Å². The van der Waals surface area contributed by atoms with Gasteiger partial charge in [0.25, 0.3) is 0 Å². The number of ketones is 1. The Morgan fingerprint density at radius 3 is 2.37 bits per heavy atom. The summed E-state index contributed by atoms with van der Waals surface area (Å²) in [7, 11) is 0. The first kappa shape index (κ1) is 18.8. The quantitative estimate of drug-likeness (QED) is 0.497. The highest BCUT2D eigenvalue weighted by molar-refractivity contribution is 7.99. The van der Waals surface area contributed by atoms with Crippen molar-refractivity contribution < 1.29 is 9.59 Å². The van der Waals surface area contributed by atoms with Crippen molar-refractivity contribution in [2.24, 2.45) is 0 Å². The van der Waals surface area contributed by atoms with E-state index in [1.54, 1.807) is 19.1 Å². The van der Waals surface area contributed by atoms with E-state index in [1.165, 1.54) is 11.8 Å². The Bertz CT molecular complexity index is 936. The molecule has 0 aliphatic rings. The smallest absolute Gasteiger partial charge is 0.234 e. The number of Topliss-reactive ketones (excluding diaryl/α,β-unsaturated/α-hetero) is 1. The molecule has 0 aliphatic carbocycles. The summed E-state index contributed by atoms with van der Waals surface area (Å²) >= 11 is 1.35. The molecule has 138 valence electrons. The maximum Gasteiger partial charge on any atom is 0.234 e. The van der Waals surface area contributed by atoms with Gasteiger partial charge in [0.15, 0.2) is 16.8 Å². The van der Waals surface area contributed by atoms with Crippen molar-refractivity contribution in [2.45, 2.75) is 25.5 Å². The predicted octanol–water partition coefficient (Wildman–Crippen LogP) is 3.90. The van der Waals surface area contributed by atoms with Gasteiger partial charge in [0.2, 0.25) is 5.91 Å². The number of thioether (sulfide) groups is 1.